The molecule has 0 fully saturated rings. The fourth-order valence-electron chi connectivity index (χ4n) is 3.18. The Balaban J connectivity index is 1.53. The minimum atomic E-state index is -4.41. The van der Waals surface area contributed by atoms with E-state index in [0.29, 0.717) is 22.6 Å². The van der Waals surface area contributed by atoms with Crippen LogP contribution in [0.4, 0.5) is 13.2 Å². The Hall–Kier alpha value is -4.15. The van der Waals surface area contributed by atoms with E-state index in [0.717, 1.165) is 17.7 Å². The van der Waals surface area contributed by atoms with Gasteiger partial charge in [-0.25, -0.2) is 0 Å². The second-order valence-electron chi connectivity index (χ2n) is 7.21. The minimum absolute atomic E-state index is 0.0169. The molecule has 0 atom stereocenters. The van der Waals surface area contributed by atoms with Crippen molar-refractivity contribution < 1.29 is 27.2 Å². The summed E-state index contributed by atoms with van der Waals surface area (Å²) in [5.74, 6) is 0.334. The molecule has 0 aliphatic carbocycles. The van der Waals surface area contributed by atoms with Gasteiger partial charge in [-0.05, 0) is 35.9 Å². The lowest BCUT2D eigenvalue weighted by atomic mass is 10.1. The molecule has 2 N–H and O–H groups in total. The van der Waals surface area contributed by atoms with Crippen molar-refractivity contribution in [2.75, 3.05) is 0 Å². The summed E-state index contributed by atoms with van der Waals surface area (Å²) in [6.07, 6.45) is -2.79. The van der Waals surface area contributed by atoms with Crippen LogP contribution in [0.5, 0.6) is 5.75 Å². The van der Waals surface area contributed by atoms with E-state index in [1.54, 1.807) is 36.0 Å². The predicted octanol–water partition coefficient (Wildman–Crippen LogP) is 3.76. The van der Waals surface area contributed by atoms with E-state index in [4.69, 9.17) is 15.0 Å². The zero-order valence-electron chi connectivity index (χ0n) is 17.3. The van der Waals surface area contributed by atoms with Gasteiger partial charge in [0.1, 0.15) is 12.4 Å². The molecule has 0 aliphatic rings. The van der Waals surface area contributed by atoms with Crippen molar-refractivity contribution in [2.24, 2.45) is 12.8 Å². The summed E-state index contributed by atoms with van der Waals surface area (Å²) in [5, 5.41) is 8.19. The van der Waals surface area contributed by atoms with Gasteiger partial charge in [0.05, 0.1) is 29.4 Å². The van der Waals surface area contributed by atoms with Crippen molar-refractivity contribution in [1.29, 1.82) is 0 Å². The number of nitrogens with zero attached hydrogens (tertiary/aromatic N) is 4. The molecule has 2 heterocycles. The lowest BCUT2D eigenvalue weighted by Crippen LogP contribution is -2.13. The van der Waals surface area contributed by atoms with Crippen molar-refractivity contribution in [3.8, 4) is 28.6 Å². The molecule has 2 aromatic carbocycles. The Morgan fingerprint density at radius 2 is 1.94 bits per heavy atom. The van der Waals surface area contributed by atoms with Gasteiger partial charge in [-0.1, -0.05) is 23.4 Å². The van der Waals surface area contributed by atoms with Gasteiger partial charge in [-0.3, -0.25) is 9.48 Å². The number of halogens is 3. The molecule has 0 unspecified atom stereocenters. The number of carbonyl (C=O) groups excluding carboxylic acids is 1. The summed E-state index contributed by atoms with van der Waals surface area (Å²) in [6.45, 7) is 0.0169. The van der Waals surface area contributed by atoms with Crippen LogP contribution < -0.4 is 10.5 Å². The van der Waals surface area contributed by atoms with Crippen LogP contribution in [0.25, 0.3) is 22.8 Å². The van der Waals surface area contributed by atoms with Crippen molar-refractivity contribution in [2.45, 2.75) is 19.2 Å². The fourth-order valence-corrected chi connectivity index (χ4v) is 3.18. The number of amides is 1. The maximum absolute atomic E-state index is 12.7. The molecule has 170 valence electrons. The number of nitrogens with two attached hydrogens (primary N) is 1. The Morgan fingerprint density at radius 1 is 1.18 bits per heavy atom. The highest BCUT2D eigenvalue weighted by Crippen LogP contribution is 2.31. The first-order valence-corrected chi connectivity index (χ1v) is 9.73. The van der Waals surface area contributed by atoms with E-state index < -0.39 is 17.6 Å². The number of hydrogen-bond donors (Lipinski definition) is 1. The van der Waals surface area contributed by atoms with Gasteiger partial charge in [0.25, 0.3) is 5.89 Å². The first-order chi connectivity index (χ1) is 15.7. The van der Waals surface area contributed by atoms with Crippen LogP contribution in [0.1, 0.15) is 16.8 Å². The second kappa shape index (κ2) is 8.77. The summed E-state index contributed by atoms with van der Waals surface area (Å²) >= 11 is 0. The van der Waals surface area contributed by atoms with Crippen LogP contribution in [-0.2, 0) is 31.0 Å². The van der Waals surface area contributed by atoms with Crippen LogP contribution in [-0.4, -0.2) is 25.8 Å². The summed E-state index contributed by atoms with van der Waals surface area (Å²) in [7, 11) is 1.69. The van der Waals surface area contributed by atoms with E-state index in [1.165, 1.54) is 18.3 Å². The van der Waals surface area contributed by atoms with Gasteiger partial charge in [-0.15, -0.1) is 0 Å². The lowest BCUT2D eigenvalue weighted by molar-refractivity contribution is -0.137. The topological polar surface area (TPSA) is 109 Å². The Kier molecular flexibility index (Phi) is 5.86. The quantitative estimate of drug-likeness (QED) is 0.453. The normalized spacial score (nSPS) is 11.5. The number of primary amides is 1. The zero-order chi connectivity index (χ0) is 23.6. The molecule has 4 rings (SSSR count). The number of aryl methyl sites for hydroxylation is 1. The Morgan fingerprint density at radius 3 is 2.64 bits per heavy atom. The second-order valence-corrected chi connectivity index (χ2v) is 7.21. The molecule has 1 amide bonds. The lowest BCUT2D eigenvalue weighted by Gasteiger charge is -2.10. The van der Waals surface area contributed by atoms with Crippen molar-refractivity contribution in [1.82, 2.24) is 19.9 Å². The molecule has 4 aromatic rings. The summed E-state index contributed by atoms with van der Waals surface area (Å²) < 4.78 is 50.8. The van der Waals surface area contributed by atoms with Crippen LogP contribution in [0.3, 0.4) is 0 Å². The number of ether oxygens (including phenoxy) is 1. The molecule has 8 nitrogen and oxygen atoms in total. The maximum atomic E-state index is 12.7. The zero-order valence-corrected chi connectivity index (χ0v) is 17.3. The largest absolute Gasteiger partial charge is 0.487 e. The van der Waals surface area contributed by atoms with Gasteiger partial charge in [-0.2, -0.15) is 23.3 Å². The van der Waals surface area contributed by atoms with Crippen molar-refractivity contribution >= 4 is 5.91 Å². The fraction of sp³-hybridized carbons (Fsp3) is 0.182. The van der Waals surface area contributed by atoms with Gasteiger partial charge in [0.15, 0.2) is 0 Å². The molecule has 0 aliphatic heterocycles. The van der Waals surface area contributed by atoms with Crippen molar-refractivity contribution in [3.63, 3.8) is 0 Å². The summed E-state index contributed by atoms with van der Waals surface area (Å²) in [5.41, 5.74) is 6.98. The molecular weight excluding hydrogens is 439 g/mol. The first-order valence-electron chi connectivity index (χ1n) is 9.73. The molecule has 0 saturated carbocycles. The van der Waals surface area contributed by atoms with E-state index in [1.807, 2.05) is 0 Å². The van der Waals surface area contributed by atoms with Gasteiger partial charge >= 0.3 is 6.18 Å². The average Bonchev–Trinajstić information content (AvgIpc) is 3.38. The van der Waals surface area contributed by atoms with Gasteiger partial charge in [0, 0.05) is 12.6 Å². The molecule has 0 bridgehead atoms. The molecular formula is C22H18F3N5O3. The molecule has 2 aromatic heterocycles. The highest BCUT2D eigenvalue weighted by atomic mass is 19.4. The first kappa shape index (κ1) is 22.1. The molecule has 11 heteroatoms. The number of benzene rings is 2. The van der Waals surface area contributed by atoms with Gasteiger partial charge in [0.2, 0.25) is 11.7 Å². The molecule has 0 spiro atoms. The average molecular weight is 457 g/mol. The SMILES string of the molecule is Cn1ncc(-c2nc(-c3cccc(CC(N)=O)c3)no2)c1COc1ccc(C(F)(F)F)cc1. The van der Waals surface area contributed by atoms with E-state index in [9.17, 15) is 18.0 Å². The standard InChI is InChI=1S/C22H18F3N5O3/c1-30-18(12-32-16-7-5-15(6-8-16)22(23,24)25)17(11-27-30)21-28-20(29-33-21)14-4-2-3-13(9-14)10-19(26)31/h2-9,11H,10,12H2,1H3,(H2,26,31). The summed E-state index contributed by atoms with van der Waals surface area (Å²) in [6, 6.07) is 11.5. The Bertz CT molecular complexity index is 1280. The monoisotopic (exact) mass is 457 g/mol. The number of alkyl halides is 3. The number of hydrogen-bond acceptors (Lipinski definition) is 6. The van der Waals surface area contributed by atoms with Crippen LogP contribution in [0.15, 0.2) is 59.3 Å². The van der Waals surface area contributed by atoms with E-state index in [2.05, 4.69) is 15.2 Å². The highest BCUT2D eigenvalue weighted by Gasteiger charge is 2.30. The third kappa shape index (κ3) is 5.03. The predicted molar refractivity (Wildman–Crippen MR) is 111 cm³/mol. The van der Waals surface area contributed by atoms with Gasteiger partial charge < -0.3 is 15.0 Å². The molecule has 0 saturated heterocycles. The molecule has 33 heavy (non-hydrogen) atoms. The highest BCUT2D eigenvalue weighted by molar-refractivity contribution is 5.77. The van der Waals surface area contributed by atoms with Crippen molar-refractivity contribution in [3.05, 3.63) is 71.5 Å². The van der Waals surface area contributed by atoms with Crippen LogP contribution >= 0.6 is 0 Å². The number of rotatable bonds is 7. The number of carbonyl (C=O) groups is 1. The smallest absolute Gasteiger partial charge is 0.416 e. The Labute approximate surface area is 185 Å². The summed E-state index contributed by atoms with van der Waals surface area (Å²) in [4.78, 5) is 15.6. The van der Waals surface area contributed by atoms with E-state index in [-0.39, 0.29) is 24.7 Å². The molecule has 0 radical (unpaired) electrons. The minimum Gasteiger partial charge on any atom is -0.487 e. The maximum Gasteiger partial charge on any atom is 0.416 e. The van der Waals surface area contributed by atoms with Crippen LogP contribution in [0.2, 0.25) is 0 Å². The van der Waals surface area contributed by atoms with E-state index >= 15 is 0 Å². The van der Waals surface area contributed by atoms with Crippen LogP contribution in [0, 0.1) is 0 Å². The number of aromatic nitrogens is 4. The third-order valence-corrected chi connectivity index (χ3v) is 4.84. The third-order valence-electron chi connectivity index (χ3n) is 4.84.